The van der Waals surface area contributed by atoms with E-state index in [1.165, 1.54) is 30.3 Å². The molecule has 17 heteroatoms. The molecule has 0 radical (unpaired) electrons. The number of hydrogen-bond acceptors (Lipinski definition) is 11. The van der Waals surface area contributed by atoms with Gasteiger partial charge in [0.1, 0.15) is 41.4 Å². The minimum absolute atomic E-state index is 0.153. The van der Waals surface area contributed by atoms with Crippen molar-refractivity contribution < 1.29 is 33.3 Å². The number of thioether (sulfide) groups is 1. The topological polar surface area (TPSA) is 195 Å². The number of aliphatic carboxylic acids is 1. The number of anilines is 1. The standard InChI is InChI=1S/C32H30FN9O5S2/c1-47-39-24(21-15-49-32(35)37-21)28(43)38-25-29(44)42-26(31(45)46)18(14-48-30(25)42)13-40-9-2-3-22-23(40)8-10-41(22)12-17-5-4-16(11-20(17)33)27(34)36-19-6-7-19/h2-5,8-11,15,19,25,30H,6-7,12-14H2,1H3,(H5-,34,35,36,37,38,43,45,46)/b39-24-/t25-,30-/m1/s1. The lowest BCUT2D eigenvalue weighted by Gasteiger charge is -2.50. The van der Waals surface area contributed by atoms with Gasteiger partial charge in [0.15, 0.2) is 23.6 Å². The predicted octanol–water partition coefficient (Wildman–Crippen LogP) is 0.687. The SMILES string of the molecule is CO/N=C(\C(=O)N[C@@H]1C(=O)N2C(C(=O)[O-])=C(C[n+]3cccc4c3ccn4Cc3ccc(C(=N)NC4CC4)cc3F)CS[C@H]12)c1csc(N)n1. The van der Waals surface area contributed by atoms with Gasteiger partial charge in [0, 0.05) is 52.2 Å². The van der Waals surface area contributed by atoms with Crippen LogP contribution < -0.4 is 26.0 Å². The molecule has 252 valence electrons. The number of hydrogen-bond donors (Lipinski definition) is 4. The summed E-state index contributed by atoms with van der Waals surface area (Å²) < 4.78 is 18.9. The molecule has 0 bridgehead atoms. The van der Waals surface area contributed by atoms with Crippen molar-refractivity contribution in [2.24, 2.45) is 5.16 Å². The molecule has 2 atom stereocenters. The lowest BCUT2D eigenvalue weighted by atomic mass is 10.0. The number of carboxylic acids is 1. The molecule has 1 aromatic carbocycles. The van der Waals surface area contributed by atoms with E-state index in [1.54, 1.807) is 18.3 Å². The highest BCUT2D eigenvalue weighted by atomic mass is 32.2. The summed E-state index contributed by atoms with van der Waals surface area (Å²) in [5.41, 5.74) is 8.46. The molecular formula is C32H30FN9O5S2. The normalized spacial score (nSPS) is 19.0. The Morgan fingerprint density at radius 1 is 1.27 bits per heavy atom. The Kier molecular flexibility index (Phi) is 8.54. The number of amidine groups is 1. The van der Waals surface area contributed by atoms with Gasteiger partial charge in [-0.3, -0.25) is 19.9 Å². The second kappa shape index (κ2) is 13.0. The van der Waals surface area contributed by atoms with Gasteiger partial charge >= 0.3 is 0 Å². The van der Waals surface area contributed by atoms with Gasteiger partial charge in [-0.25, -0.2) is 9.37 Å². The third-order valence-corrected chi connectivity index (χ3v) is 10.5. The number of halogens is 1. The summed E-state index contributed by atoms with van der Waals surface area (Å²) in [6.07, 6.45) is 5.67. The van der Waals surface area contributed by atoms with Crippen LogP contribution in [-0.4, -0.2) is 74.1 Å². The maximum atomic E-state index is 15.1. The Balaban J connectivity index is 1.08. The summed E-state index contributed by atoms with van der Waals surface area (Å²) in [4.78, 5) is 48.8. The van der Waals surface area contributed by atoms with Crippen LogP contribution >= 0.6 is 23.1 Å². The number of carboxylic acid groups (broad SMARTS) is 1. The van der Waals surface area contributed by atoms with Gasteiger partial charge in [-0.05, 0) is 25.0 Å². The first kappa shape index (κ1) is 32.3. The van der Waals surface area contributed by atoms with Gasteiger partial charge < -0.3 is 35.7 Å². The summed E-state index contributed by atoms with van der Waals surface area (Å²) in [7, 11) is 1.27. The number of nitrogen functional groups attached to an aromatic ring is 1. The molecule has 1 saturated carbocycles. The fourth-order valence-corrected chi connectivity index (χ4v) is 7.80. The number of carbonyl (C=O) groups excluding carboxylic acids is 3. The van der Waals surface area contributed by atoms with Crippen LogP contribution in [0.2, 0.25) is 0 Å². The first-order valence-corrected chi connectivity index (χ1v) is 17.2. The Labute approximate surface area is 286 Å². The number of nitrogens with zero attached hydrogens (tertiary/aromatic N) is 5. The van der Waals surface area contributed by atoms with Crippen LogP contribution in [0.3, 0.4) is 0 Å². The summed E-state index contributed by atoms with van der Waals surface area (Å²) in [6, 6.07) is 9.65. The van der Waals surface area contributed by atoms with E-state index in [-0.39, 0.29) is 46.9 Å². The first-order chi connectivity index (χ1) is 23.6. The molecule has 3 aliphatic rings. The maximum Gasteiger partial charge on any atom is 0.276 e. The van der Waals surface area contributed by atoms with E-state index in [1.807, 2.05) is 33.5 Å². The van der Waals surface area contributed by atoms with Gasteiger partial charge in [-0.2, -0.15) is 4.57 Å². The molecule has 5 heterocycles. The van der Waals surface area contributed by atoms with E-state index in [0.717, 1.165) is 40.1 Å². The number of nitrogens with two attached hydrogens (primary N) is 1. The minimum atomic E-state index is -1.50. The fourth-order valence-electron chi connectivity index (χ4n) is 5.92. The number of pyridine rings is 1. The molecule has 2 aliphatic heterocycles. The number of β-lactam (4-membered cyclic amide) rings is 1. The average molecular weight is 704 g/mol. The van der Waals surface area contributed by atoms with Gasteiger partial charge in [-0.1, -0.05) is 17.3 Å². The van der Waals surface area contributed by atoms with Crippen LogP contribution in [0.4, 0.5) is 9.52 Å². The monoisotopic (exact) mass is 703 g/mol. The molecule has 2 amide bonds. The second-order valence-electron chi connectivity index (χ2n) is 11.7. The van der Waals surface area contributed by atoms with Crippen LogP contribution in [0.1, 0.15) is 29.7 Å². The van der Waals surface area contributed by atoms with E-state index in [9.17, 15) is 19.5 Å². The molecule has 0 spiro atoms. The zero-order valence-corrected chi connectivity index (χ0v) is 27.6. The third-order valence-electron chi connectivity index (χ3n) is 8.47. The number of thiazole rings is 1. The van der Waals surface area contributed by atoms with Crippen LogP contribution in [0.15, 0.2) is 70.6 Å². The fraction of sp³-hybridized carbons (Fsp3) is 0.281. The lowest BCUT2D eigenvalue weighted by Crippen LogP contribution is -2.71. The number of rotatable bonds is 11. The second-order valence-corrected chi connectivity index (χ2v) is 13.7. The van der Waals surface area contributed by atoms with Crippen molar-refractivity contribution in [3.05, 3.63) is 88.1 Å². The van der Waals surface area contributed by atoms with E-state index in [0.29, 0.717) is 22.7 Å². The number of amides is 2. The zero-order valence-electron chi connectivity index (χ0n) is 26.0. The number of fused-ring (bicyclic) bond motifs is 2. The van der Waals surface area contributed by atoms with Crippen LogP contribution in [-0.2, 0) is 32.3 Å². The van der Waals surface area contributed by atoms with Gasteiger partial charge in [-0.15, -0.1) is 23.1 Å². The Hall–Kier alpha value is -5.29. The van der Waals surface area contributed by atoms with Crippen molar-refractivity contribution >= 4 is 68.6 Å². The van der Waals surface area contributed by atoms with E-state index in [4.69, 9.17) is 16.0 Å². The van der Waals surface area contributed by atoms with Crippen molar-refractivity contribution in [3.63, 3.8) is 0 Å². The quantitative estimate of drug-likeness (QED) is 0.0572. The number of carbonyl (C=O) groups is 3. The van der Waals surface area contributed by atoms with E-state index < -0.39 is 35.0 Å². The summed E-state index contributed by atoms with van der Waals surface area (Å²) in [5.74, 6) is -2.76. The van der Waals surface area contributed by atoms with Crippen LogP contribution in [0.25, 0.3) is 11.0 Å². The zero-order chi connectivity index (χ0) is 34.4. The molecule has 0 unspecified atom stereocenters. The van der Waals surface area contributed by atoms with Gasteiger partial charge in [0.25, 0.3) is 11.8 Å². The molecular weight excluding hydrogens is 674 g/mol. The summed E-state index contributed by atoms with van der Waals surface area (Å²) in [5, 5.41) is 31.2. The third kappa shape index (κ3) is 6.22. The molecule has 1 aliphatic carbocycles. The first-order valence-electron chi connectivity index (χ1n) is 15.3. The van der Waals surface area contributed by atoms with Crippen molar-refractivity contribution in [2.45, 2.75) is 43.4 Å². The average Bonchev–Trinajstić information content (AvgIpc) is 3.64. The molecule has 1 saturated heterocycles. The molecule has 4 aromatic rings. The number of oxime groups is 1. The highest BCUT2D eigenvalue weighted by Crippen LogP contribution is 2.40. The predicted molar refractivity (Wildman–Crippen MR) is 178 cm³/mol. The van der Waals surface area contributed by atoms with Crippen molar-refractivity contribution in [3.8, 4) is 0 Å². The van der Waals surface area contributed by atoms with Crippen LogP contribution in [0, 0.1) is 11.2 Å². The van der Waals surface area contributed by atoms with E-state index in [2.05, 4.69) is 20.8 Å². The smallest absolute Gasteiger partial charge is 0.276 e. The highest BCUT2D eigenvalue weighted by Gasteiger charge is 2.53. The largest absolute Gasteiger partial charge is 0.543 e. The molecule has 14 nitrogen and oxygen atoms in total. The summed E-state index contributed by atoms with van der Waals surface area (Å²) in [6.45, 7) is 0.399. The highest BCUT2D eigenvalue weighted by molar-refractivity contribution is 8.00. The van der Waals surface area contributed by atoms with Crippen molar-refractivity contribution in [2.75, 3.05) is 18.6 Å². The molecule has 5 N–H and O–H groups in total. The van der Waals surface area contributed by atoms with Crippen molar-refractivity contribution in [1.29, 1.82) is 5.41 Å². The lowest BCUT2D eigenvalue weighted by molar-refractivity contribution is -0.663. The molecule has 2 fully saturated rings. The maximum absolute atomic E-state index is 15.1. The Bertz CT molecular complexity index is 2090. The summed E-state index contributed by atoms with van der Waals surface area (Å²) >= 11 is 2.43. The molecule has 49 heavy (non-hydrogen) atoms. The Morgan fingerprint density at radius 3 is 2.78 bits per heavy atom. The van der Waals surface area contributed by atoms with Gasteiger partial charge in [0.2, 0.25) is 5.52 Å². The number of aromatic nitrogens is 3. The van der Waals surface area contributed by atoms with E-state index >= 15 is 4.39 Å². The van der Waals surface area contributed by atoms with Crippen LogP contribution in [0.5, 0.6) is 0 Å². The number of nitrogens with one attached hydrogen (secondary N) is 3. The Morgan fingerprint density at radius 2 is 2.08 bits per heavy atom. The van der Waals surface area contributed by atoms with Crippen molar-refractivity contribution in [1.82, 2.24) is 25.1 Å². The van der Waals surface area contributed by atoms with Gasteiger partial charge in [0.05, 0.1) is 18.2 Å². The minimum Gasteiger partial charge on any atom is -0.543 e. The molecule has 3 aromatic heterocycles. The molecule has 7 rings (SSSR count). The number of benzene rings is 1.